The van der Waals surface area contributed by atoms with E-state index in [9.17, 15) is 0 Å². The molecular weight excluding hydrogens is 262 g/mol. The van der Waals surface area contributed by atoms with Gasteiger partial charge in [-0.2, -0.15) is 0 Å². The lowest BCUT2D eigenvalue weighted by Crippen LogP contribution is -1.87. The Kier molecular flexibility index (Phi) is 2.78. The molecule has 21 heavy (non-hydrogen) atoms. The summed E-state index contributed by atoms with van der Waals surface area (Å²) in [6.45, 7) is 0. The molecule has 0 aliphatic heterocycles. The standard InChI is InChI=1S/C17H13N3O/c1-2-6-12(7-3-1)10-16-19-20-17(21-16)15-11-13-8-4-5-9-14(13)18-15/h1-9,11,18H,10H2. The Morgan fingerprint density at radius 3 is 2.57 bits per heavy atom. The van der Waals surface area contributed by atoms with Crippen LogP contribution in [0.2, 0.25) is 0 Å². The largest absolute Gasteiger partial charge is 0.419 e. The van der Waals surface area contributed by atoms with Crippen LogP contribution in [0, 0.1) is 0 Å². The minimum absolute atomic E-state index is 0.525. The Labute approximate surface area is 121 Å². The van der Waals surface area contributed by atoms with Crippen molar-refractivity contribution < 1.29 is 4.42 Å². The van der Waals surface area contributed by atoms with Crippen molar-refractivity contribution in [1.29, 1.82) is 0 Å². The van der Waals surface area contributed by atoms with Gasteiger partial charge in [0.05, 0.1) is 6.42 Å². The number of benzene rings is 2. The van der Waals surface area contributed by atoms with Gasteiger partial charge in [-0.25, -0.2) is 0 Å². The van der Waals surface area contributed by atoms with Gasteiger partial charge in [-0.3, -0.25) is 0 Å². The molecule has 1 N–H and O–H groups in total. The smallest absolute Gasteiger partial charge is 0.264 e. The van der Waals surface area contributed by atoms with Crippen LogP contribution in [0.3, 0.4) is 0 Å². The van der Waals surface area contributed by atoms with Crippen molar-refractivity contribution in [1.82, 2.24) is 15.2 Å². The fourth-order valence-electron chi connectivity index (χ4n) is 2.39. The number of fused-ring (bicyclic) bond motifs is 1. The fourth-order valence-corrected chi connectivity index (χ4v) is 2.39. The van der Waals surface area contributed by atoms with Crippen molar-refractivity contribution in [2.45, 2.75) is 6.42 Å². The summed E-state index contributed by atoms with van der Waals surface area (Å²) in [7, 11) is 0. The number of rotatable bonds is 3. The Morgan fingerprint density at radius 1 is 0.905 bits per heavy atom. The van der Waals surface area contributed by atoms with Crippen LogP contribution in [-0.4, -0.2) is 15.2 Å². The van der Waals surface area contributed by atoms with Gasteiger partial charge in [-0.1, -0.05) is 48.5 Å². The summed E-state index contributed by atoms with van der Waals surface area (Å²) in [5.74, 6) is 1.15. The van der Waals surface area contributed by atoms with Crippen LogP contribution >= 0.6 is 0 Å². The molecule has 0 aliphatic carbocycles. The highest BCUT2D eigenvalue weighted by atomic mass is 16.4. The highest BCUT2D eigenvalue weighted by molar-refractivity contribution is 5.84. The zero-order chi connectivity index (χ0) is 14.1. The summed E-state index contributed by atoms with van der Waals surface area (Å²) in [4.78, 5) is 3.29. The molecule has 4 rings (SSSR count). The molecule has 0 fully saturated rings. The van der Waals surface area contributed by atoms with Gasteiger partial charge in [0.15, 0.2) is 0 Å². The van der Waals surface area contributed by atoms with E-state index in [4.69, 9.17) is 4.42 Å². The first-order chi connectivity index (χ1) is 10.4. The maximum atomic E-state index is 5.75. The molecule has 0 unspecified atom stereocenters. The SMILES string of the molecule is c1ccc(Cc2nnc(-c3cc4ccccc4[nH]3)o2)cc1. The van der Waals surface area contributed by atoms with Crippen LogP contribution in [0.5, 0.6) is 0 Å². The lowest BCUT2D eigenvalue weighted by molar-refractivity contribution is 0.517. The summed E-state index contributed by atoms with van der Waals surface area (Å²) < 4.78 is 5.75. The molecule has 4 aromatic rings. The first kappa shape index (κ1) is 11.9. The Bertz CT molecular complexity index is 844. The first-order valence-electron chi connectivity index (χ1n) is 6.83. The van der Waals surface area contributed by atoms with Gasteiger partial charge in [-0.15, -0.1) is 10.2 Å². The quantitative estimate of drug-likeness (QED) is 0.618. The second kappa shape index (κ2) is 4.90. The molecule has 0 saturated heterocycles. The van der Waals surface area contributed by atoms with E-state index in [0.717, 1.165) is 22.2 Å². The highest BCUT2D eigenvalue weighted by Gasteiger charge is 2.11. The van der Waals surface area contributed by atoms with Crippen molar-refractivity contribution in [2.24, 2.45) is 0 Å². The predicted molar refractivity (Wildman–Crippen MR) is 80.8 cm³/mol. The van der Waals surface area contributed by atoms with Crippen molar-refractivity contribution in [3.8, 4) is 11.6 Å². The van der Waals surface area contributed by atoms with E-state index in [1.54, 1.807) is 0 Å². The highest BCUT2D eigenvalue weighted by Crippen LogP contribution is 2.23. The molecule has 102 valence electrons. The summed E-state index contributed by atoms with van der Waals surface area (Å²) in [6, 6.07) is 20.2. The summed E-state index contributed by atoms with van der Waals surface area (Å²) >= 11 is 0. The average molecular weight is 275 g/mol. The molecule has 2 heterocycles. The molecule has 0 atom stereocenters. The zero-order valence-electron chi connectivity index (χ0n) is 11.3. The molecule has 0 aliphatic rings. The van der Waals surface area contributed by atoms with Gasteiger partial charge >= 0.3 is 0 Å². The number of H-pyrrole nitrogens is 1. The number of nitrogens with zero attached hydrogens (tertiary/aromatic N) is 2. The van der Waals surface area contributed by atoms with Gasteiger partial charge < -0.3 is 9.40 Å². The van der Waals surface area contributed by atoms with E-state index in [1.807, 2.05) is 54.6 Å². The summed E-state index contributed by atoms with van der Waals surface area (Å²) in [6.07, 6.45) is 0.647. The normalized spacial score (nSPS) is 11.0. The molecule has 2 aromatic heterocycles. The average Bonchev–Trinajstić information content (AvgIpc) is 3.14. The molecular formula is C17H13N3O. The van der Waals surface area contributed by atoms with Crippen LogP contribution in [0.15, 0.2) is 65.1 Å². The third-order valence-corrected chi connectivity index (χ3v) is 3.43. The fraction of sp³-hybridized carbons (Fsp3) is 0.0588. The molecule has 0 bridgehead atoms. The van der Waals surface area contributed by atoms with Crippen LogP contribution in [0.1, 0.15) is 11.5 Å². The third-order valence-electron chi connectivity index (χ3n) is 3.43. The van der Waals surface area contributed by atoms with Gasteiger partial charge in [-0.05, 0) is 17.7 Å². The predicted octanol–water partition coefficient (Wildman–Crippen LogP) is 3.81. The molecule has 2 aromatic carbocycles. The number of aromatic amines is 1. The second-order valence-corrected chi connectivity index (χ2v) is 4.93. The molecule has 0 saturated carbocycles. The van der Waals surface area contributed by atoms with Crippen LogP contribution in [-0.2, 0) is 6.42 Å². The van der Waals surface area contributed by atoms with Crippen LogP contribution < -0.4 is 0 Å². The van der Waals surface area contributed by atoms with E-state index in [2.05, 4.69) is 21.2 Å². The molecule has 0 radical (unpaired) electrons. The maximum Gasteiger partial charge on any atom is 0.264 e. The third kappa shape index (κ3) is 2.31. The van der Waals surface area contributed by atoms with Gasteiger partial charge in [0.1, 0.15) is 5.69 Å². The molecule has 0 amide bonds. The number of hydrogen-bond donors (Lipinski definition) is 1. The number of aromatic nitrogens is 3. The van der Waals surface area contributed by atoms with Crippen LogP contribution in [0.4, 0.5) is 0 Å². The van der Waals surface area contributed by atoms with E-state index in [-0.39, 0.29) is 0 Å². The Balaban J connectivity index is 1.64. The van der Waals surface area contributed by atoms with Gasteiger partial charge in [0, 0.05) is 10.9 Å². The summed E-state index contributed by atoms with van der Waals surface area (Å²) in [5, 5.41) is 9.39. The number of nitrogens with one attached hydrogen (secondary N) is 1. The first-order valence-corrected chi connectivity index (χ1v) is 6.83. The molecule has 0 spiro atoms. The number of hydrogen-bond acceptors (Lipinski definition) is 3. The maximum absolute atomic E-state index is 5.75. The van der Waals surface area contributed by atoms with E-state index in [1.165, 1.54) is 0 Å². The van der Waals surface area contributed by atoms with E-state index >= 15 is 0 Å². The minimum Gasteiger partial charge on any atom is -0.419 e. The molecule has 4 heteroatoms. The topological polar surface area (TPSA) is 54.7 Å². The minimum atomic E-state index is 0.525. The van der Waals surface area contributed by atoms with Crippen molar-refractivity contribution in [3.63, 3.8) is 0 Å². The van der Waals surface area contributed by atoms with Crippen molar-refractivity contribution in [3.05, 3.63) is 72.1 Å². The van der Waals surface area contributed by atoms with Crippen molar-refractivity contribution >= 4 is 10.9 Å². The lowest BCUT2D eigenvalue weighted by atomic mass is 10.2. The molecule has 4 nitrogen and oxygen atoms in total. The number of para-hydroxylation sites is 1. The van der Waals surface area contributed by atoms with Crippen molar-refractivity contribution in [2.75, 3.05) is 0 Å². The Hall–Kier alpha value is -2.88. The second-order valence-electron chi connectivity index (χ2n) is 4.93. The van der Waals surface area contributed by atoms with E-state index in [0.29, 0.717) is 18.2 Å². The van der Waals surface area contributed by atoms with Crippen LogP contribution in [0.25, 0.3) is 22.5 Å². The van der Waals surface area contributed by atoms with Gasteiger partial charge in [0.25, 0.3) is 5.89 Å². The lowest BCUT2D eigenvalue weighted by Gasteiger charge is -1.94. The van der Waals surface area contributed by atoms with E-state index < -0.39 is 0 Å². The Morgan fingerprint density at radius 2 is 1.71 bits per heavy atom. The summed E-state index contributed by atoms with van der Waals surface area (Å²) in [5.41, 5.74) is 3.07. The zero-order valence-corrected chi connectivity index (χ0v) is 11.3. The van der Waals surface area contributed by atoms with Gasteiger partial charge in [0.2, 0.25) is 5.89 Å². The monoisotopic (exact) mass is 275 g/mol.